The summed E-state index contributed by atoms with van der Waals surface area (Å²) in [5, 5.41) is 9.49. The van der Waals surface area contributed by atoms with Crippen molar-refractivity contribution in [3.63, 3.8) is 0 Å². The first-order chi connectivity index (χ1) is 8.24. The van der Waals surface area contributed by atoms with E-state index in [1.165, 1.54) is 0 Å². The van der Waals surface area contributed by atoms with Crippen LogP contribution in [-0.2, 0) is 10.0 Å². The van der Waals surface area contributed by atoms with Gasteiger partial charge >= 0.3 is 0 Å². The van der Waals surface area contributed by atoms with Gasteiger partial charge in [-0.1, -0.05) is 19.1 Å². The van der Waals surface area contributed by atoms with Crippen LogP contribution in [0.4, 0.5) is 0 Å². The van der Waals surface area contributed by atoms with Crippen molar-refractivity contribution in [2.24, 2.45) is 0 Å². The van der Waals surface area contributed by atoms with Gasteiger partial charge in [-0.15, -0.1) is 0 Å². The Hall–Kier alpha value is -0.910. The van der Waals surface area contributed by atoms with Crippen LogP contribution in [0.3, 0.4) is 0 Å². The fourth-order valence-electron chi connectivity index (χ4n) is 1.61. The summed E-state index contributed by atoms with van der Waals surface area (Å²) in [6.45, 7) is 7.18. The van der Waals surface area contributed by atoms with Gasteiger partial charge in [0.25, 0.3) is 0 Å². The molecule has 1 aromatic rings. The topological polar surface area (TPSA) is 66.4 Å². The van der Waals surface area contributed by atoms with Gasteiger partial charge in [0.15, 0.2) is 0 Å². The van der Waals surface area contributed by atoms with Crippen LogP contribution in [0.1, 0.15) is 39.2 Å². The fourth-order valence-corrected chi connectivity index (χ4v) is 2.86. The molecule has 102 valence electrons. The summed E-state index contributed by atoms with van der Waals surface area (Å²) >= 11 is 0. The van der Waals surface area contributed by atoms with Crippen molar-refractivity contribution >= 4 is 10.0 Å². The maximum absolute atomic E-state index is 11.9. The quantitative estimate of drug-likeness (QED) is 0.859. The first-order valence-electron chi connectivity index (χ1n) is 6.04. The molecule has 0 bridgehead atoms. The van der Waals surface area contributed by atoms with E-state index in [-0.39, 0.29) is 16.9 Å². The summed E-state index contributed by atoms with van der Waals surface area (Å²) in [7, 11) is -3.43. The number of aliphatic hydroxyl groups is 1. The summed E-state index contributed by atoms with van der Waals surface area (Å²) in [6, 6.07) is 6.49. The summed E-state index contributed by atoms with van der Waals surface area (Å²) in [5.74, 6) is -0.0141. The minimum atomic E-state index is -3.43. The van der Waals surface area contributed by atoms with E-state index in [1.54, 1.807) is 45.0 Å². The molecule has 0 heterocycles. The third kappa shape index (κ3) is 3.80. The number of rotatable bonds is 5. The van der Waals surface area contributed by atoms with Crippen molar-refractivity contribution < 1.29 is 13.5 Å². The Bertz CT molecular complexity index is 477. The van der Waals surface area contributed by atoms with Gasteiger partial charge in [0.1, 0.15) is 0 Å². The minimum Gasteiger partial charge on any atom is -0.393 e. The highest BCUT2D eigenvalue weighted by Gasteiger charge is 2.16. The zero-order chi connectivity index (χ0) is 13.9. The van der Waals surface area contributed by atoms with Gasteiger partial charge in [0, 0.05) is 12.0 Å². The van der Waals surface area contributed by atoms with E-state index in [0.29, 0.717) is 0 Å². The van der Waals surface area contributed by atoms with Gasteiger partial charge < -0.3 is 5.11 Å². The maximum atomic E-state index is 11.9. The van der Waals surface area contributed by atoms with Crippen molar-refractivity contribution in [2.45, 2.75) is 50.7 Å². The lowest BCUT2D eigenvalue weighted by Gasteiger charge is -2.15. The molecule has 0 saturated heterocycles. The highest BCUT2D eigenvalue weighted by Crippen LogP contribution is 2.21. The van der Waals surface area contributed by atoms with Gasteiger partial charge in [-0.2, -0.15) is 0 Å². The molecule has 1 aromatic carbocycles. The van der Waals surface area contributed by atoms with E-state index in [9.17, 15) is 13.5 Å². The molecule has 0 radical (unpaired) electrons. The van der Waals surface area contributed by atoms with E-state index >= 15 is 0 Å². The predicted molar refractivity (Wildman–Crippen MR) is 72.0 cm³/mol. The first-order valence-corrected chi connectivity index (χ1v) is 7.52. The number of nitrogens with one attached hydrogen (secondary N) is 1. The zero-order valence-electron chi connectivity index (χ0n) is 11.2. The smallest absolute Gasteiger partial charge is 0.240 e. The first kappa shape index (κ1) is 15.1. The average Bonchev–Trinajstić information content (AvgIpc) is 2.26. The molecule has 5 heteroatoms. The third-order valence-electron chi connectivity index (χ3n) is 2.83. The summed E-state index contributed by atoms with van der Waals surface area (Å²) < 4.78 is 26.3. The van der Waals surface area contributed by atoms with Crippen molar-refractivity contribution in [3.05, 3.63) is 29.8 Å². The van der Waals surface area contributed by atoms with Gasteiger partial charge in [0.05, 0.1) is 11.0 Å². The minimum absolute atomic E-state index is 0.0141. The van der Waals surface area contributed by atoms with Crippen LogP contribution >= 0.6 is 0 Å². The van der Waals surface area contributed by atoms with Crippen molar-refractivity contribution in [1.82, 2.24) is 4.72 Å². The van der Waals surface area contributed by atoms with Crippen LogP contribution in [0.15, 0.2) is 29.2 Å². The lowest BCUT2D eigenvalue weighted by atomic mass is 9.97. The van der Waals surface area contributed by atoms with Crippen molar-refractivity contribution in [1.29, 1.82) is 0 Å². The molecular formula is C13H21NO3S. The second-order valence-electron chi connectivity index (χ2n) is 4.87. The van der Waals surface area contributed by atoms with Crippen LogP contribution < -0.4 is 4.72 Å². The largest absolute Gasteiger partial charge is 0.393 e. The second kappa shape index (κ2) is 5.82. The molecule has 0 saturated carbocycles. The number of benzene rings is 1. The number of sulfonamides is 1. The normalized spacial score (nSPS) is 15.7. The number of hydrogen-bond acceptors (Lipinski definition) is 3. The molecule has 0 aromatic heterocycles. The number of hydrogen-bond donors (Lipinski definition) is 2. The highest BCUT2D eigenvalue weighted by molar-refractivity contribution is 7.89. The van der Waals surface area contributed by atoms with Crippen LogP contribution in [0.25, 0.3) is 0 Å². The van der Waals surface area contributed by atoms with E-state index in [4.69, 9.17) is 0 Å². The van der Waals surface area contributed by atoms with Gasteiger partial charge in [0.2, 0.25) is 10.0 Å². The second-order valence-corrected chi connectivity index (χ2v) is 6.59. The van der Waals surface area contributed by atoms with E-state index < -0.39 is 16.1 Å². The molecule has 2 atom stereocenters. The van der Waals surface area contributed by atoms with Crippen LogP contribution in [0.5, 0.6) is 0 Å². The average molecular weight is 271 g/mol. The molecule has 0 aliphatic rings. The molecule has 0 aliphatic carbocycles. The van der Waals surface area contributed by atoms with Crippen molar-refractivity contribution in [2.75, 3.05) is 0 Å². The maximum Gasteiger partial charge on any atom is 0.240 e. The lowest BCUT2D eigenvalue weighted by molar-refractivity contribution is 0.169. The molecule has 2 N–H and O–H groups in total. The summed E-state index contributed by atoms with van der Waals surface area (Å²) in [4.78, 5) is 0.248. The van der Waals surface area contributed by atoms with Gasteiger partial charge in [-0.3, -0.25) is 0 Å². The Labute approximate surface area is 109 Å². The Balaban J connectivity index is 2.96. The molecule has 0 amide bonds. The molecule has 0 fully saturated rings. The molecule has 0 spiro atoms. The van der Waals surface area contributed by atoms with E-state index in [2.05, 4.69) is 4.72 Å². The monoisotopic (exact) mass is 271 g/mol. The van der Waals surface area contributed by atoms with E-state index in [0.717, 1.165) is 5.56 Å². The van der Waals surface area contributed by atoms with Crippen LogP contribution in [0.2, 0.25) is 0 Å². The standard InChI is InChI=1S/C13H21NO3S/c1-9(2)14-18(16,17)13-7-5-12(6-8-13)10(3)11(4)15/h5-11,14-15H,1-4H3. The molecule has 2 unspecified atom stereocenters. The van der Waals surface area contributed by atoms with Crippen LogP contribution in [-0.4, -0.2) is 25.7 Å². The Morgan fingerprint density at radius 1 is 1.06 bits per heavy atom. The molecule has 18 heavy (non-hydrogen) atoms. The summed E-state index contributed by atoms with van der Waals surface area (Å²) in [5.41, 5.74) is 0.925. The fraction of sp³-hybridized carbons (Fsp3) is 0.538. The molecule has 4 nitrogen and oxygen atoms in total. The van der Waals surface area contributed by atoms with Crippen molar-refractivity contribution in [3.8, 4) is 0 Å². The number of aliphatic hydroxyl groups excluding tert-OH is 1. The molecule has 0 aliphatic heterocycles. The van der Waals surface area contributed by atoms with Gasteiger partial charge in [-0.05, 0) is 38.5 Å². The van der Waals surface area contributed by atoms with E-state index in [1.807, 2.05) is 6.92 Å². The lowest BCUT2D eigenvalue weighted by Crippen LogP contribution is -2.30. The SMILES string of the molecule is CC(C)NS(=O)(=O)c1ccc(C(C)C(C)O)cc1. The molecular weight excluding hydrogens is 250 g/mol. The Kier molecular flexibility index (Phi) is 4.90. The Morgan fingerprint density at radius 2 is 1.56 bits per heavy atom. The van der Waals surface area contributed by atoms with Crippen LogP contribution in [0, 0.1) is 0 Å². The predicted octanol–water partition coefficient (Wildman–Crippen LogP) is 1.86. The third-order valence-corrected chi connectivity index (χ3v) is 4.51. The highest BCUT2D eigenvalue weighted by atomic mass is 32.2. The summed E-state index contributed by atoms with van der Waals surface area (Å²) in [6.07, 6.45) is -0.457. The molecule has 1 rings (SSSR count). The Morgan fingerprint density at radius 3 is 1.94 bits per heavy atom. The zero-order valence-corrected chi connectivity index (χ0v) is 12.0. The van der Waals surface area contributed by atoms with Gasteiger partial charge in [-0.25, -0.2) is 13.1 Å².